The van der Waals surface area contributed by atoms with Crippen LogP contribution in [0.3, 0.4) is 0 Å². The highest BCUT2D eigenvalue weighted by Gasteiger charge is 2.37. The molecule has 37 heavy (non-hydrogen) atoms. The van der Waals surface area contributed by atoms with E-state index < -0.39 is 5.82 Å². The Balaban J connectivity index is 1.46. The van der Waals surface area contributed by atoms with Crippen molar-refractivity contribution in [1.82, 2.24) is 30.2 Å². The summed E-state index contributed by atoms with van der Waals surface area (Å²) in [7, 11) is 2.16. The predicted octanol–water partition coefficient (Wildman–Crippen LogP) is 5.07. The molecule has 1 unspecified atom stereocenters. The molecule has 2 N–H and O–H groups in total. The number of nitrogens with zero attached hydrogens (tertiary/aromatic N) is 6. The fraction of sp³-hybridized carbons (Fsp3) is 0.393. The Bertz CT molecular complexity index is 1450. The number of fused-ring (bicyclic) bond motifs is 1. The molecule has 1 saturated heterocycles. The van der Waals surface area contributed by atoms with Gasteiger partial charge in [0.25, 0.3) is 0 Å². The molecule has 2 aliphatic rings. The van der Waals surface area contributed by atoms with Crippen LogP contribution in [0.1, 0.15) is 44.6 Å². The zero-order valence-corrected chi connectivity index (χ0v) is 21.4. The van der Waals surface area contributed by atoms with Crippen LogP contribution >= 0.6 is 0 Å². The van der Waals surface area contributed by atoms with Crippen LogP contribution in [0.4, 0.5) is 21.8 Å². The molecule has 4 aromatic rings. The first-order valence-electron chi connectivity index (χ1n) is 12.8. The Kier molecular flexibility index (Phi) is 5.95. The van der Waals surface area contributed by atoms with Crippen LogP contribution in [0.15, 0.2) is 49.1 Å². The average Bonchev–Trinajstić information content (AvgIpc) is 3.74. The van der Waals surface area contributed by atoms with Gasteiger partial charge in [0, 0.05) is 49.2 Å². The molecule has 4 aromatic heterocycles. The highest BCUT2D eigenvalue weighted by molar-refractivity contribution is 5.94. The number of piperidine rings is 1. The quantitative estimate of drug-likeness (QED) is 0.381. The third kappa shape index (κ3) is 4.59. The molecule has 0 radical (unpaired) electrons. The maximum atomic E-state index is 14.2. The van der Waals surface area contributed by atoms with E-state index in [0.29, 0.717) is 23.6 Å². The topological polar surface area (TPSA) is 91.8 Å². The number of nitrogens with one attached hydrogen (secondary N) is 2. The summed E-state index contributed by atoms with van der Waals surface area (Å²) in [5.74, 6) is 2.19. The van der Waals surface area contributed by atoms with E-state index in [1.807, 2.05) is 24.5 Å². The number of halogens is 1. The summed E-state index contributed by atoms with van der Waals surface area (Å²) in [5, 5.41) is 7.61. The molecule has 2 fully saturated rings. The zero-order valence-electron chi connectivity index (χ0n) is 21.4. The van der Waals surface area contributed by atoms with Gasteiger partial charge in [-0.3, -0.25) is 4.98 Å². The SMILES string of the molecule is CN(c1nc(-c2ccnc(Nc3ncccc3F)c2)nc2cncc(C3CC3)c12)C1CCNCC1(C)C. The summed E-state index contributed by atoms with van der Waals surface area (Å²) in [6, 6.07) is 6.93. The summed E-state index contributed by atoms with van der Waals surface area (Å²) in [5.41, 5.74) is 2.94. The van der Waals surface area contributed by atoms with Crippen molar-refractivity contribution in [3.8, 4) is 11.4 Å². The Morgan fingerprint density at radius 2 is 1.95 bits per heavy atom. The van der Waals surface area contributed by atoms with E-state index in [1.165, 1.54) is 30.7 Å². The van der Waals surface area contributed by atoms with E-state index in [2.05, 4.69) is 51.4 Å². The van der Waals surface area contributed by atoms with E-state index in [1.54, 1.807) is 12.3 Å². The molecular weight excluding hydrogens is 467 g/mol. The molecule has 0 bridgehead atoms. The largest absolute Gasteiger partial charge is 0.355 e. The Morgan fingerprint density at radius 3 is 2.73 bits per heavy atom. The molecule has 1 saturated carbocycles. The maximum absolute atomic E-state index is 14.2. The number of hydrogen-bond acceptors (Lipinski definition) is 8. The molecular formula is C28H31FN8. The normalized spacial score (nSPS) is 19.1. The minimum Gasteiger partial charge on any atom is -0.355 e. The van der Waals surface area contributed by atoms with Gasteiger partial charge in [-0.1, -0.05) is 13.8 Å². The molecule has 0 aromatic carbocycles. The van der Waals surface area contributed by atoms with Crippen molar-refractivity contribution in [3.63, 3.8) is 0 Å². The predicted molar refractivity (Wildman–Crippen MR) is 143 cm³/mol. The Morgan fingerprint density at radius 1 is 1.08 bits per heavy atom. The van der Waals surface area contributed by atoms with Gasteiger partial charge < -0.3 is 15.5 Å². The smallest absolute Gasteiger partial charge is 0.167 e. The summed E-state index contributed by atoms with van der Waals surface area (Å²) in [6.45, 7) is 6.56. The molecule has 1 aliphatic carbocycles. The van der Waals surface area contributed by atoms with Gasteiger partial charge in [0.1, 0.15) is 11.6 Å². The van der Waals surface area contributed by atoms with Gasteiger partial charge in [-0.25, -0.2) is 24.3 Å². The van der Waals surface area contributed by atoms with Crippen molar-refractivity contribution in [2.45, 2.75) is 45.1 Å². The summed E-state index contributed by atoms with van der Waals surface area (Å²) in [6.07, 6.45) is 10.4. The highest BCUT2D eigenvalue weighted by atomic mass is 19.1. The minimum absolute atomic E-state index is 0.0811. The number of hydrogen-bond donors (Lipinski definition) is 2. The lowest BCUT2D eigenvalue weighted by molar-refractivity contribution is 0.215. The summed E-state index contributed by atoms with van der Waals surface area (Å²) in [4.78, 5) is 25.4. The fourth-order valence-electron chi connectivity index (χ4n) is 5.44. The molecule has 1 aliphatic heterocycles. The van der Waals surface area contributed by atoms with Crippen LogP contribution in [-0.4, -0.2) is 51.1 Å². The third-order valence-electron chi connectivity index (χ3n) is 7.54. The Labute approximate surface area is 215 Å². The van der Waals surface area contributed by atoms with Crippen molar-refractivity contribution in [2.24, 2.45) is 5.41 Å². The van der Waals surface area contributed by atoms with Crippen molar-refractivity contribution in [2.75, 3.05) is 30.4 Å². The molecule has 1 atom stereocenters. The van der Waals surface area contributed by atoms with Gasteiger partial charge >= 0.3 is 0 Å². The molecule has 190 valence electrons. The summed E-state index contributed by atoms with van der Waals surface area (Å²) < 4.78 is 14.2. The fourth-order valence-corrected chi connectivity index (χ4v) is 5.44. The van der Waals surface area contributed by atoms with Crippen molar-refractivity contribution in [3.05, 3.63) is 60.4 Å². The van der Waals surface area contributed by atoms with E-state index in [-0.39, 0.29) is 11.2 Å². The molecule has 0 amide bonds. The highest BCUT2D eigenvalue weighted by Crippen LogP contribution is 2.45. The van der Waals surface area contributed by atoms with Crippen molar-refractivity contribution < 1.29 is 4.39 Å². The second-order valence-electron chi connectivity index (χ2n) is 10.7. The van der Waals surface area contributed by atoms with E-state index in [9.17, 15) is 4.39 Å². The van der Waals surface area contributed by atoms with E-state index in [4.69, 9.17) is 9.97 Å². The number of anilines is 3. The van der Waals surface area contributed by atoms with Crippen molar-refractivity contribution >= 4 is 28.4 Å². The van der Waals surface area contributed by atoms with Gasteiger partial charge in [-0.15, -0.1) is 0 Å². The monoisotopic (exact) mass is 498 g/mol. The van der Waals surface area contributed by atoms with Crippen LogP contribution < -0.4 is 15.5 Å². The first-order valence-corrected chi connectivity index (χ1v) is 12.8. The second kappa shape index (κ2) is 9.30. The van der Waals surface area contributed by atoms with Crippen LogP contribution in [-0.2, 0) is 0 Å². The lowest BCUT2D eigenvalue weighted by Crippen LogP contribution is -2.53. The number of rotatable bonds is 6. The molecule has 0 spiro atoms. The molecule has 5 heterocycles. The van der Waals surface area contributed by atoms with Gasteiger partial charge in [-0.05, 0) is 67.0 Å². The summed E-state index contributed by atoms with van der Waals surface area (Å²) >= 11 is 0. The standard InChI is InChI=1S/C28H31FN8/c1-28(2)16-30-11-9-22(28)37(3)27-24-19(17-6-7-17)14-31-15-21(24)34-25(36-27)18-8-12-32-23(13-18)35-26-20(29)5-4-10-33-26/h4-5,8,10,12-15,17,22,30H,6-7,9,11,16H2,1-3H3,(H,32,33,35). The Hall–Kier alpha value is -3.72. The van der Waals surface area contributed by atoms with Crippen LogP contribution in [0.5, 0.6) is 0 Å². The van der Waals surface area contributed by atoms with Gasteiger partial charge in [-0.2, -0.15) is 0 Å². The van der Waals surface area contributed by atoms with Crippen molar-refractivity contribution in [1.29, 1.82) is 0 Å². The number of aromatic nitrogens is 5. The van der Waals surface area contributed by atoms with Crippen LogP contribution in [0.2, 0.25) is 0 Å². The zero-order chi connectivity index (χ0) is 25.6. The van der Waals surface area contributed by atoms with Crippen LogP contribution in [0, 0.1) is 11.2 Å². The second-order valence-corrected chi connectivity index (χ2v) is 10.7. The molecule has 9 heteroatoms. The van der Waals surface area contributed by atoms with Crippen LogP contribution in [0.25, 0.3) is 22.3 Å². The molecule has 8 nitrogen and oxygen atoms in total. The van der Waals surface area contributed by atoms with E-state index >= 15 is 0 Å². The van der Waals surface area contributed by atoms with Gasteiger partial charge in [0.2, 0.25) is 0 Å². The maximum Gasteiger partial charge on any atom is 0.167 e. The number of pyridine rings is 3. The van der Waals surface area contributed by atoms with Gasteiger partial charge in [0.15, 0.2) is 17.5 Å². The van der Waals surface area contributed by atoms with Gasteiger partial charge in [0.05, 0.1) is 11.7 Å². The third-order valence-corrected chi connectivity index (χ3v) is 7.54. The minimum atomic E-state index is -0.441. The first-order chi connectivity index (χ1) is 17.9. The lowest BCUT2D eigenvalue weighted by Gasteiger charge is -2.45. The first kappa shape index (κ1) is 23.7. The molecule has 6 rings (SSSR count). The average molecular weight is 499 g/mol. The van der Waals surface area contributed by atoms with E-state index in [0.717, 1.165) is 41.8 Å². The lowest BCUT2D eigenvalue weighted by atomic mass is 9.79.